The Morgan fingerprint density at radius 1 is 1.18 bits per heavy atom. The zero-order valence-corrected chi connectivity index (χ0v) is 20.9. The molecule has 0 radical (unpaired) electrons. The van der Waals surface area contributed by atoms with Crippen molar-refractivity contribution in [1.82, 2.24) is 14.8 Å². The van der Waals surface area contributed by atoms with Gasteiger partial charge in [-0.15, -0.1) is 0 Å². The Labute approximate surface area is 204 Å². The van der Waals surface area contributed by atoms with Gasteiger partial charge in [0, 0.05) is 41.6 Å². The minimum atomic E-state index is -0.659. The standard InChI is InChI=1S/C26H30ClN3O2S/c1-17(2)12-14-28-25(32)24-23-20-6-4-5-7-21(20)29(3)26(23)33-16-22(31)30(24)15-13-18-8-10-19(27)11-9-18/h4-11,17,24H,12-16H2,1-3H3,(H,28,32)/t24-/m1/s1. The van der Waals surface area contributed by atoms with Crippen LogP contribution >= 0.6 is 23.4 Å². The lowest BCUT2D eigenvalue weighted by Crippen LogP contribution is -2.45. The number of nitrogens with zero attached hydrogens (tertiary/aromatic N) is 2. The number of halogens is 1. The smallest absolute Gasteiger partial charge is 0.247 e. The van der Waals surface area contributed by atoms with Gasteiger partial charge in [-0.05, 0) is 42.5 Å². The molecule has 0 bridgehead atoms. The summed E-state index contributed by atoms with van der Waals surface area (Å²) in [4.78, 5) is 28.7. The molecule has 0 aliphatic carbocycles. The molecule has 3 aromatic rings. The quantitative estimate of drug-likeness (QED) is 0.501. The molecule has 1 N–H and O–H groups in total. The van der Waals surface area contributed by atoms with E-state index in [2.05, 4.69) is 35.9 Å². The highest BCUT2D eigenvalue weighted by Gasteiger charge is 2.38. The maximum absolute atomic E-state index is 13.6. The average Bonchev–Trinajstić information content (AvgIpc) is 2.97. The molecular weight excluding hydrogens is 454 g/mol. The number of benzene rings is 2. The van der Waals surface area contributed by atoms with Crippen molar-refractivity contribution >= 4 is 46.1 Å². The minimum Gasteiger partial charge on any atom is -0.354 e. The zero-order chi connectivity index (χ0) is 23.5. The third-order valence-corrected chi connectivity index (χ3v) is 7.56. The van der Waals surface area contributed by atoms with E-state index in [4.69, 9.17) is 11.6 Å². The molecule has 4 rings (SSSR count). The van der Waals surface area contributed by atoms with Crippen molar-refractivity contribution in [2.24, 2.45) is 13.0 Å². The number of thioether (sulfide) groups is 1. The predicted molar refractivity (Wildman–Crippen MR) is 136 cm³/mol. The first-order chi connectivity index (χ1) is 15.9. The average molecular weight is 484 g/mol. The molecule has 5 nitrogen and oxygen atoms in total. The van der Waals surface area contributed by atoms with Gasteiger partial charge in [0.2, 0.25) is 11.8 Å². The van der Waals surface area contributed by atoms with E-state index in [1.807, 2.05) is 43.4 Å². The van der Waals surface area contributed by atoms with Crippen LogP contribution in [0.1, 0.15) is 37.4 Å². The van der Waals surface area contributed by atoms with E-state index in [9.17, 15) is 9.59 Å². The number of fused-ring (bicyclic) bond motifs is 3. The van der Waals surface area contributed by atoms with E-state index < -0.39 is 6.04 Å². The van der Waals surface area contributed by atoms with Crippen LogP contribution < -0.4 is 5.32 Å². The van der Waals surface area contributed by atoms with Crippen molar-refractivity contribution in [3.05, 3.63) is 64.7 Å². The molecule has 2 aromatic carbocycles. The van der Waals surface area contributed by atoms with Crippen molar-refractivity contribution < 1.29 is 9.59 Å². The van der Waals surface area contributed by atoms with Gasteiger partial charge in [-0.1, -0.05) is 67.5 Å². The molecular formula is C26H30ClN3O2S. The Hall–Kier alpha value is -2.44. The summed E-state index contributed by atoms with van der Waals surface area (Å²) in [7, 11) is 2.01. The van der Waals surface area contributed by atoms with Gasteiger partial charge < -0.3 is 14.8 Å². The lowest BCUT2D eigenvalue weighted by atomic mass is 10.0. The van der Waals surface area contributed by atoms with Gasteiger partial charge >= 0.3 is 0 Å². The third kappa shape index (κ3) is 5.07. The predicted octanol–water partition coefficient (Wildman–Crippen LogP) is 5.21. The number of aryl methyl sites for hydroxylation is 1. The molecule has 33 heavy (non-hydrogen) atoms. The Morgan fingerprint density at radius 3 is 2.64 bits per heavy atom. The Bertz CT molecular complexity index is 1160. The molecule has 0 spiro atoms. The van der Waals surface area contributed by atoms with E-state index >= 15 is 0 Å². The van der Waals surface area contributed by atoms with E-state index in [0.717, 1.165) is 33.5 Å². The van der Waals surface area contributed by atoms with Crippen molar-refractivity contribution in [3.63, 3.8) is 0 Å². The Kier molecular flexibility index (Phi) is 7.35. The van der Waals surface area contributed by atoms with Gasteiger partial charge in [0.05, 0.1) is 10.8 Å². The number of para-hydroxylation sites is 1. The number of aromatic nitrogens is 1. The molecule has 174 valence electrons. The number of carbonyl (C=O) groups is 2. The number of carbonyl (C=O) groups excluding carboxylic acids is 2. The molecule has 1 aliphatic heterocycles. The molecule has 2 amide bonds. The molecule has 0 unspecified atom stereocenters. The number of hydrogen-bond acceptors (Lipinski definition) is 3. The molecule has 0 saturated carbocycles. The second kappa shape index (κ2) is 10.2. The molecule has 0 fully saturated rings. The second-order valence-electron chi connectivity index (χ2n) is 8.92. The first kappa shape index (κ1) is 23.7. The summed E-state index contributed by atoms with van der Waals surface area (Å²) in [5, 5.41) is 5.81. The van der Waals surface area contributed by atoms with Crippen LogP contribution in [0.4, 0.5) is 0 Å². The highest BCUT2D eigenvalue weighted by Crippen LogP contribution is 2.41. The van der Waals surface area contributed by atoms with Crippen LogP contribution in [0.2, 0.25) is 5.02 Å². The monoisotopic (exact) mass is 483 g/mol. The number of nitrogens with one attached hydrogen (secondary N) is 1. The highest BCUT2D eigenvalue weighted by atomic mass is 35.5. The van der Waals surface area contributed by atoms with Crippen molar-refractivity contribution in [1.29, 1.82) is 0 Å². The topological polar surface area (TPSA) is 54.3 Å². The molecule has 1 atom stereocenters. The van der Waals surface area contributed by atoms with Crippen molar-refractivity contribution in [2.45, 2.75) is 37.8 Å². The number of rotatable bonds is 7. The largest absolute Gasteiger partial charge is 0.354 e. The van der Waals surface area contributed by atoms with Gasteiger partial charge in [-0.3, -0.25) is 9.59 Å². The fourth-order valence-corrected chi connectivity index (χ4v) is 5.58. The van der Waals surface area contributed by atoms with Crippen LogP contribution in [0.3, 0.4) is 0 Å². The highest BCUT2D eigenvalue weighted by molar-refractivity contribution is 8.00. The lowest BCUT2D eigenvalue weighted by molar-refractivity contribution is -0.138. The Morgan fingerprint density at radius 2 is 1.91 bits per heavy atom. The van der Waals surface area contributed by atoms with Gasteiger partial charge in [-0.2, -0.15) is 0 Å². The van der Waals surface area contributed by atoms with Crippen LogP contribution in [0.15, 0.2) is 53.6 Å². The van der Waals surface area contributed by atoms with Gasteiger partial charge in [0.15, 0.2) is 0 Å². The van der Waals surface area contributed by atoms with E-state index in [1.54, 1.807) is 4.90 Å². The molecule has 1 aromatic heterocycles. The number of amides is 2. The lowest BCUT2D eigenvalue weighted by Gasteiger charge is -2.30. The van der Waals surface area contributed by atoms with Crippen LogP contribution in [-0.4, -0.2) is 40.1 Å². The maximum Gasteiger partial charge on any atom is 0.247 e. The summed E-state index contributed by atoms with van der Waals surface area (Å²) in [6.07, 6.45) is 1.55. The summed E-state index contributed by atoms with van der Waals surface area (Å²) in [6.45, 7) is 5.34. The molecule has 2 heterocycles. The first-order valence-electron chi connectivity index (χ1n) is 11.4. The van der Waals surface area contributed by atoms with E-state index in [1.165, 1.54) is 11.8 Å². The SMILES string of the molecule is CC(C)CCNC(=O)[C@H]1c2c(n(C)c3ccccc23)SCC(=O)N1CCc1ccc(Cl)cc1. The summed E-state index contributed by atoms with van der Waals surface area (Å²) in [5.41, 5.74) is 3.09. The van der Waals surface area contributed by atoms with Crippen LogP contribution in [0.25, 0.3) is 10.9 Å². The Balaban J connectivity index is 1.73. The summed E-state index contributed by atoms with van der Waals surface area (Å²) in [5.74, 6) is 0.678. The summed E-state index contributed by atoms with van der Waals surface area (Å²) >= 11 is 7.55. The van der Waals surface area contributed by atoms with Crippen LogP contribution in [0, 0.1) is 5.92 Å². The normalized spacial score (nSPS) is 16.2. The fourth-order valence-electron chi connectivity index (χ4n) is 4.36. The number of hydrogen-bond donors (Lipinski definition) is 1. The minimum absolute atomic E-state index is 0.0155. The van der Waals surface area contributed by atoms with Crippen molar-refractivity contribution in [2.75, 3.05) is 18.8 Å². The van der Waals surface area contributed by atoms with Crippen LogP contribution in [0.5, 0.6) is 0 Å². The summed E-state index contributed by atoms with van der Waals surface area (Å²) < 4.78 is 2.11. The second-order valence-corrected chi connectivity index (χ2v) is 10.3. The maximum atomic E-state index is 13.6. The van der Waals surface area contributed by atoms with Gasteiger partial charge in [-0.25, -0.2) is 0 Å². The fraction of sp³-hybridized carbons (Fsp3) is 0.385. The zero-order valence-electron chi connectivity index (χ0n) is 19.3. The molecule has 7 heteroatoms. The third-order valence-electron chi connectivity index (χ3n) is 6.15. The van der Waals surface area contributed by atoms with E-state index in [0.29, 0.717) is 36.2 Å². The van der Waals surface area contributed by atoms with Gasteiger partial charge in [0.1, 0.15) is 6.04 Å². The van der Waals surface area contributed by atoms with Crippen LogP contribution in [-0.2, 0) is 23.1 Å². The van der Waals surface area contributed by atoms with Crippen molar-refractivity contribution in [3.8, 4) is 0 Å². The van der Waals surface area contributed by atoms with E-state index in [-0.39, 0.29) is 11.8 Å². The molecule has 1 aliphatic rings. The molecule has 0 saturated heterocycles. The van der Waals surface area contributed by atoms with Gasteiger partial charge in [0.25, 0.3) is 0 Å². The first-order valence-corrected chi connectivity index (χ1v) is 12.7. The summed E-state index contributed by atoms with van der Waals surface area (Å²) in [6, 6.07) is 15.1.